The molecule has 0 bridgehead atoms. The lowest BCUT2D eigenvalue weighted by atomic mass is 10.1. The average molecular weight is 427 g/mol. The molecule has 0 radical (unpaired) electrons. The Morgan fingerprint density at radius 2 is 1.96 bits per heavy atom. The van der Waals surface area contributed by atoms with Crippen molar-refractivity contribution >= 4 is 27.5 Å². The standard InChI is InChI=1S/C20H19BrN4O2/c1-3-27-19-7-5-4-6-16(19)17-12-18(24-23-17)20(26)25-22-13(2)14-8-10-15(21)11-9-14/h4-12H,3H2,1-2H3,(H,23,24)(H,25,26)/b22-13+. The molecule has 0 fully saturated rings. The first kappa shape index (κ1) is 18.8. The summed E-state index contributed by atoms with van der Waals surface area (Å²) in [6, 6.07) is 16.9. The summed E-state index contributed by atoms with van der Waals surface area (Å²) in [6.07, 6.45) is 0. The third-order valence-corrected chi connectivity index (χ3v) is 4.40. The van der Waals surface area contributed by atoms with Gasteiger partial charge >= 0.3 is 0 Å². The number of nitrogens with zero attached hydrogens (tertiary/aromatic N) is 2. The van der Waals surface area contributed by atoms with Crippen LogP contribution in [0.15, 0.2) is 64.2 Å². The smallest absolute Gasteiger partial charge is 0.289 e. The van der Waals surface area contributed by atoms with Crippen LogP contribution in [0.2, 0.25) is 0 Å². The van der Waals surface area contributed by atoms with Crippen molar-refractivity contribution < 1.29 is 9.53 Å². The highest BCUT2D eigenvalue weighted by Gasteiger charge is 2.13. The highest BCUT2D eigenvalue weighted by atomic mass is 79.9. The van der Waals surface area contributed by atoms with Gasteiger partial charge < -0.3 is 4.74 Å². The van der Waals surface area contributed by atoms with E-state index in [1.165, 1.54) is 0 Å². The minimum absolute atomic E-state index is 0.323. The molecule has 0 saturated carbocycles. The van der Waals surface area contributed by atoms with Crippen molar-refractivity contribution in [3.05, 3.63) is 70.3 Å². The average Bonchev–Trinajstić information content (AvgIpc) is 3.17. The molecular weight excluding hydrogens is 408 g/mol. The van der Waals surface area contributed by atoms with Gasteiger partial charge in [-0.15, -0.1) is 0 Å². The molecule has 1 aromatic heterocycles. The molecule has 0 atom stereocenters. The van der Waals surface area contributed by atoms with Gasteiger partial charge in [0, 0.05) is 10.0 Å². The van der Waals surface area contributed by atoms with Gasteiger partial charge in [0.25, 0.3) is 5.91 Å². The Kier molecular flexibility index (Phi) is 6.03. The van der Waals surface area contributed by atoms with Crippen molar-refractivity contribution in [3.63, 3.8) is 0 Å². The minimum Gasteiger partial charge on any atom is -0.493 e. The van der Waals surface area contributed by atoms with Crippen molar-refractivity contribution in [1.82, 2.24) is 15.6 Å². The number of halogens is 1. The third kappa shape index (κ3) is 4.62. The van der Waals surface area contributed by atoms with Crippen molar-refractivity contribution in [1.29, 1.82) is 0 Å². The van der Waals surface area contributed by atoms with Crippen LogP contribution >= 0.6 is 15.9 Å². The van der Waals surface area contributed by atoms with Crippen LogP contribution in [-0.4, -0.2) is 28.4 Å². The Hall–Kier alpha value is -2.93. The Balaban J connectivity index is 1.74. The van der Waals surface area contributed by atoms with E-state index in [1.54, 1.807) is 6.07 Å². The largest absolute Gasteiger partial charge is 0.493 e. The summed E-state index contributed by atoms with van der Waals surface area (Å²) in [7, 11) is 0. The number of rotatable bonds is 6. The Labute approximate surface area is 165 Å². The second kappa shape index (κ2) is 8.64. The fourth-order valence-corrected chi connectivity index (χ4v) is 2.75. The number of para-hydroxylation sites is 1. The van der Waals surface area contributed by atoms with E-state index in [2.05, 4.69) is 36.7 Å². The molecule has 3 aromatic rings. The number of amides is 1. The third-order valence-electron chi connectivity index (χ3n) is 3.87. The summed E-state index contributed by atoms with van der Waals surface area (Å²) in [4.78, 5) is 12.4. The molecule has 0 aliphatic heterocycles. The Morgan fingerprint density at radius 3 is 2.70 bits per heavy atom. The van der Waals surface area contributed by atoms with E-state index in [0.717, 1.165) is 21.3 Å². The Bertz CT molecular complexity index is 964. The van der Waals surface area contributed by atoms with E-state index in [1.807, 2.05) is 62.4 Å². The quantitative estimate of drug-likeness (QED) is 0.452. The van der Waals surface area contributed by atoms with Crippen molar-refractivity contribution in [2.45, 2.75) is 13.8 Å². The van der Waals surface area contributed by atoms with E-state index in [9.17, 15) is 4.79 Å². The van der Waals surface area contributed by atoms with Crippen LogP contribution in [0.25, 0.3) is 11.3 Å². The van der Waals surface area contributed by atoms with Gasteiger partial charge in [0.05, 0.1) is 18.0 Å². The van der Waals surface area contributed by atoms with E-state index in [0.29, 0.717) is 23.7 Å². The maximum Gasteiger partial charge on any atom is 0.289 e. The molecular formula is C20H19BrN4O2. The lowest BCUT2D eigenvalue weighted by Gasteiger charge is -2.07. The number of benzene rings is 2. The molecule has 7 heteroatoms. The summed E-state index contributed by atoms with van der Waals surface area (Å²) in [5, 5.41) is 11.1. The molecule has 27 heavy (non-hydrogen) atoms. The molecule has 3 rings (SSSR count). The lowest BCUT2D eigenvalue weighted by molar-refractivity contribution is 0.0950. The molecule has 0 aliphatic rings. The SMILES string of the molecule is CCOc1ccccc1-c1cc(C(=O)N/N=C(\C)c2ccc(Br)cc2)[nH]n1. The molecule has 1 amide bonds. The second-order valence-corrected chi connectivity index (χ2v) is 6.66. The molecule has 0 aliphatic carbocycles. The summed E-state index contributed by atoms with van der Waals surface area (Å²) in [6.45, 7) is 4.31. The topological polar surface area (TPSA) is 79.4 Å². The molecule has 0 spiro atoms. The number of hydrazone groups is 1. The first-order valence-corrected chi connectivity index (χ1v) is 9.26. The molecule has 138 valence electrons. The van der Waals surface area contributed by atoms with Crippen LogP contribution in [0, 0.1) is 0 Å². The zero-order chi connectivity index (χ0) is 19.2. The van der Waals surface area contributed by atoms with Crippen LogP contribution in [0.4, 0.5) is 0 Å². The highest BCUT2D eigenvalue weighted by Crippen LogP contribution is 2.28. The van der Waals surface area contributed by atoms with E-state index in [4.69, 9.17) is 4.74 Å². The van der Waals surface area contributed by atoms with E-state index >= 15 is 0 Å². The minimum atomic E-state index is -0.362. The number of carbonyl (C=O) groups excluding carboxylic acids is 1. The monoisotopic (exact) mass is 426 g/mol. The van der Waals surface area contributed by atoms with E-state index in [-0.39, 0.29) is 5.91 Å². The normalized spacial score (nSPS) is 11.3. The number of carbonyl (C=O) groups is 1. The van der Waals surface area contributed by atoms with Gasteiger partial charge in [-0.3, -0.25) is 9.89 Å². The zero-order valence-corrected chi connectivity index (χ0v) is 16.6. The molecule has 1 heterocycles. The molecule has 2 aromatic carbocycles. The molecule has 2 N–H and O–H groups in total. The van der Waals surface area contributed by atoms with Gasteiger partial charge in [-0.25, -0.2) is 5.43 Å². The van der Waals surface area contributed by atoms with Crippen molar-refractivity contribution in [2.24, 2.45) is 5.10 Å². The van der Waals surface area contributed by atoms with Gasteiger partial charge in [-0.1, -0.05) is 40.2 Å². The predicted molar refractivity (Wildman–Crippen MR) is 109 cm³/mol. The number of H-pyrrole nitrogens is 1. The van der Waals surface area contributed by atoms with Gasteiger partial charge in [-0.2, -0.15) is 10.2 Å². The molecule has 0 unspecified atom stereocenters. The van der Waals surface area contributed by atoms with Gasteiger partial charge in [-0.05, 0) is 49.7 Å². The fraction of sp³-hybridized carbons (Fsp3) is 0.150. The van der Waals surface area contributed by atoms with E-state index < -0.39 is 0 Å². The van der Waals surface area contributed by atoms with Crippen molar-refractivity contribution in [3.8, 4) is 17.0 Å². The van der Waals surface area contributed by atoms with Gasteiger partial charge in [0.1, 0.15) is 11.4 Å². The summed E-state index contributed by atoms with van der Waals surface area (Å²) >= 11 is 3.39. The number of nitrogens with one attached hydrogen (secondary N) is 2. The Morgan fingerprint density at radius 1 is 1.22 bits per heavy atom. The molecule has 0 saturated heterocycles. The van der Waals surface area contributed by atoms with Crippen LogP contribution in [0.5, 0.6) is 5.75 Å². The van der Waals surface area contributed by atoms with Gasteiger partial charge in [0.15, 0.2) is 0 Å². The van der Waals surface area contributed by atoms with Crippen LogP contribution in [0.3, 0.4) is 0 Å². The first-order chi connectivity index (χ1) is 13.1. The number of aromatic amines is 1. The van der Waals surface area contributed by atoms with Gasteiger partial charge in [0.2, 0.25) is 0 Å². The predicted octanol–water partition coefficient (Wildman–Crippen LogP) is 4.39. The summed E-state index contributed by atoms with van der Waals surface area (Å²) in [5.41, 5.74) is 5.97. The molecule has 6 nitrogen and oxygen atoms in total. The van der Waals surface area contributed by atoms with Crippen molar-refractivity contribution in [2.75, 3.05) is 6.61 Å². The number of ether oxygens (including phenoxy) is 1. The maximum absolute atomic E-state index is 12.4. The summed E-state index contributed by atoms with van der Waals surface area (Å²) < 4.78 is 6.60. The number of hydrogen-bond donors (Lipinski definition) is 2. The first-order valence-electron chi connectivity index (χ1n) is 8.46. The summed E-state index contributed by atoms with van der Waals surface area (Å²) in [5.74, 6) is 0.363. The van der Waals surface area contributed by atoms with Crippen LogP contribution in [-0.2, 0) is 0 Å². The second-order valence-electron chi connectivity index (χ2n) is 5.74. The fourth-order valence-electron chi connectivity index (χ4n) is 2.49. The van der Waals surface area contributed by atoms with Crippen LogP contribution in [0.1, 0.15) is 29.9 Å². The zero-order valence-electron chi connectivity index (χ0n) is 15.0. The number of aromatic nitrogens is 2. The number of hydrogen-bond acceptors (Lipinski definition) is 4. The lowest BCUT2D eigenvalue weighted by Crippen LogP contribution is -2.19. The highest BCUT2D eigenvalue weighted by molar-refractivity contribution is 9.10. The maximum atomic E-state index is 12.4. The van der Waals surface area contributed by atoms with Crippen LogP contribution < -0.4 is 10.2 Å².